The third-order valence-electron chi connectivity index (χ3n) is 5.26. The second-order valence-corrected chi connectivity index (χ2v) is 7.88. The van der Waals surface area contributed by atoms with E-state index in [1.165, 1.54) is 32.1 Å². The molecular weight excluding hydrogens is 210 g/mol. The number of rotatable bonds is 1. The summed E-state index contributed by atoms with van der Waals surface area (Å²) in [5.74, 6) is 0.722. The van der Waals surface area contributed by atoms with E-state index < -0.39 is 0 Å². The molecule has 1 atom stereocenters. The van der Waals surface area contributed by atoms with Gasteiger partial charge in [-0.05, 0) is 37.0 Å². The van der Waals surface area contributed by atoms with Gasteiger partial charge in [-0.15, -0.1) is 0 Å². The van der Waals surface area contributed by atoms with Crippen molar-refractivity contribution in [2.45, 2.75) is 71.6 Å². The fourth-order valence-electron chi connectivity index (χ4n) is 4.51. The van der Waals surface area contributed by atoms with Crippen LogP contribution in [0.3, 0.4) is 0 Å². The van der Waals surface area contributed by atoms with Gasteiger partial charge in [0.2, 0.25) is 0 Å². The standard InChI is InChI=1S/C15H27NO/c1-11(2)12-14(6-5-7-14)10-17-15(16-12)8-13(3,4)9-15/h11-12,16H,5-10H2,1-4H3. The van der Waals surface area contributed by atoms with Gasteiger partial charge in [0.15, 0.2) is 0 Å². The van der Waals surface area contributed by atoms with Crippen LogP contribution in [0.25, 0.3) is 0 Å². The lowest BCUT2D eigenvalue weighted by Gasteiger charge is -2.63. The highest BCUT2D eigenvalue weighted by Crippen LogP contribution is 2.56. The summed E-state index contributed by atoms with van der Waals surface area (Å²) in [6.07, 6.45) is 6.48. The van der Waals surface area contributed by atoms with E-state index >= 15 is 0 Å². The molecule has 2 aliphatic carbocycles. The predicted octanol–water partition coefficient (Wildman–Crippen LogP) is 3.32. The Bertz CT molecular complexity index is 309. The van der Waals surface area contributed by atoms with Crippen LogP contribution in [0.2, 0.25) is 0 Å². The molecule has 1 N–H and O–H groups in total. The van der Waals surface area contributed by atoms with Gasteiger partial charge in [0, 0.05) is 11.5 Å². The Morgan fingerprint density at radius 3 is 2.24 bits per heavy atom. The topological polar surface area (TPSA) is 21.3 Å². The monoisotopic (exact) mass is 237 g/mol. The zero-order valence-corrected chi connectivity index (χ0v) is 11.8. The van der Waals surface area contributed by atoms with Gasteiger partial charge < -0.3 is 4.74 Å². The fourth-order valence-corrected chi connectivity index (χ4v) is 4.51. The maximum atomic E-state index is 6.26. The smallest absolute Gasteiger partial charge is 0.120 e. The highest BCUT2D eigenvalue weighted by molar-refractivity contribution is 5.09. The van der Waals surface area contributed by atoms with Gasteiger partial charge in [0.05, 0.1) is 6.61 Å². The first kappa shape index (κ1) is 12.0. The van der Waals surface area contributed by atoms with Crippen LogP contribution in [0.15, 0.2) is 0 Å². The Morgan fingerprint density at radius 2 is 1.82 bits per heavy atom. The third kappa shape index (κ3) is 1.76. The second-order valence-electron chi connectivity index (χ2n) is 7.88. The van der Waals surface area contributed by atoms with Gasteiger partial charge in [-0.2, -0.15) is 0 Å². The van der Waals surface area contributed by atoms with E-state index in [2.05, 4.69) is 33.0 Å². The zero-order valence-electron chi connectivity index (χ0n) is 11.8. The Labute approximate surface area is 105 Å². The Morgan fingerprint density at radius 1 is 1.18 bits per heavy atom. The summed E-state index contributed by atoms with van der Waals surface area (Å²) < 4.78 is 6.26. The van der Waals surface area contributed by atoms with Crippen molar-refractivity contribution in [2.75, 3.05) is 6.61 Å². The molecule has 2 spiro atoms. The van der Waals surface area contributed by atoms with Crippen LogP contribution in [0.1, 0.15) is 59.8 Å². The maximum absolute atomic E-state index is 6.26. The minimum Gasteiger partial charge on any atom is -0.360 e. The van der Waals surface area contributed by atoms with E-state index in [0.717, 1.165) is 12.5 Å². The first-order valence-corrected chi connectivity index (χ1v) is 7.28. The number of nitrogens with one attached hydrogen (secondary N) is 1. The zero-order chi connectivity index (χ0) is 12.3. The molecule has 0 aromatic heterocycles. The minimum absolute atomic E-state index is 0.0271. The molecule has 3 fully saturated rings. The summed E-state index contributed by atoms with van der Waals surface area (Å²) in [5.41, 5.74) is 0.969. The summed E-state index contributed by atoms with van der Waals surface area (Å²) in [7, 11) is 0. The first-order chi connectivity index (χ1) is 7.87. The molecule has 2 saturated carbocycles. The van der Waals surface area contributed by atoms with Crippen LogP contribution in [0.5, 0.6) is 0 Å². The highest BCUT2D eigenvalue weighted by atomic mass is 16.5. The van der Waals surface area contributed by atoms with Crippen LogP contribution in [0, 0.1) is 16.7 Å². The Hall–Kier alpha value is -0.0800. The summed E-state index contributed by atoms with van der Waals surface area (Å²) in [5, 5.41) is 3.89. The molecule has 0 aromatic rings. The van der Waals surface area contributed by atoms with E-state index in [0.29, 0.717) is 16.9 Å². The van der Waals surface area contributed by atoms with Gasteiger partial charge in [-0.25, -0.2) is 0 Å². The SMILES string of the molecule is CC(C)C1NC2(CC(C)(C)C2)OCC12CCC2. The van der Waals surface area contributed by atoms with E-state index in [1.807, 2.05) is 0 Å². The molecular formula is C15H27NO. The van der Waals surface area contributed by atoms with Crippen molar-refractivity contribution in [1.29, 1.82) is 0 Å². The van der Waals surface area contributed by atoms with Crippen molar-refractivity contribution < 1.29 is 4.74 Å². The molecule has 1 saturated heterocycles. The van der Waals surface area contributed by atoms with E-state index in [4.69, 9.17) is 4.74 Å². The fraction of sp³-hybridized carbons (Fsp3) is 1.00. The lowest BCUT2D eigenvalue weighted by molar-refractivity contribution is -0.255. The normalized spacial score (nSPS) is 36.9. The van der Waals surface area contributed by atoms with Crippen molar-refractivity contribution in [2.24, 2.45) is 16.7 Å². The molecule has 3 aliphatic rings. The van der Waals surface area contributed by atoms with E-state index in [9.17, 15) is 0 Å². The summed E-state index contributed by atoms with van der Waals surface area (Å²) in [4.78, 5) is 0. The quantitative estimate of drug-likeness (QED) is 0.755. The molecule has 1 unspecified atom stereocenters. The summed E-state index contributed by atoms with van der Waals surface area (Å²) in [6, 6.07) is 0.668. The van der Waals surface area contributed by atoms with Gasteiger partial charge >= 0.3 is 0 Å². The average molecular weight is 237 g/mol. The Balaban J connectivity index is 1.74. The molecule has 0 bridgehead atoms. The number of hydrogen-bond acceptors (Lipinski definition) is 2. The van der Waals surface area contributed by atoms with Crippen molar-refractivity contribution >= 4 is 0 Å². The van der Waals surface area contributed by atoms with Crippen LogP contribution in [-0.4, -0.2) is 18.4 Å². The van der Waals surface area contributed by atoms with Gasteiger partial charge in [-0.1, -0.05) is 34.1 Å². The van der Waals surface area contributed by atoms with Crippen molar-refractivity contribution in [3.63, 3.8) is 0 Å². The van der Waals surface area contributed by atoms with E-state index in [-0.39, 0.29) is 5.72 Å². The lowest BCUT2D eigenvalue weighted by Crippen LogP contribution is -2.72. The molecule has 2 heteroatoms. The number of ether oxygens (including phenoxy) is 1. The second kappa shape index (κ2) is 3.48. The van der Waals surface area contributed by atoms with Crippen molar-refractivity contribution in [1.82, 2.24) is 5.32 Å². The van der Waals surface area contributed by atoms with Crippen molar-refractivity contribution in [3.8, 4) is 0 Å². The minimum atomic E-state index is 0.0271. The van der Waals surface area contributed by atoms with Crippen molar-refractivity contribution in [3.05, 3.63) is 0 Å². The average Bonchev–Trinajstić information content (AvgIpc) is 2.12. The van der Waals surface area contributed by atoms with Crippen LogP contribution < -0.4 is 5.32 Å². The molecule has 3 rings (SSSR count). The number of hydrogen-bond donors (Lipinski definition) is 1. The van der Waals surface area contributed by atoms with Crippen LogP contribution in [0.4, 0.5) is 0 Å². The highest BCUT2D eigenvalue weighted by Gasteiger charge is 2.59. The maximum Gasteiger partial charge on any atom is 0.120 e. The van der Waals surface area contributed by atoms with Gasteiger partial charge in [0.1, 0.15) is 5.72 Å². The first-order valence-electron chi connectivity index (χ1n) is 7.28. The van der Waals surface area contributed by atoms with Crippen LogP contribution >= 0.6 is 0 Å². The van der Waals surface area contributed by atoms with Gasteiger partial charge in [-0.3, -0.25) is 5.32 Å². The summed E-state index contributed by atoms with van der Waals surface area (Å²) >= 11 is 0. The largest absolute Gasteiger partial charge is 0.360 e. The molecule has 1 heterocycles. The van der Waals surface area contributed by atoms with E-state index in [1.54, 1.807) is 0 Å². The van der Waals surface area contributed by atoms with Crippen LogP contribution in [-0.2, 0) is 4.74 Å². The molecule has 0 aromatic carbocycles. The summed E-state index contributed by atoms with van der Waals surface area (Å²) in [6.45, 7) is 10.4. The molecule has 0 radical (unpaired) electrons. The molecule has 1 aliphatic heterocycles. The molecule has 17 heavy (non-hydrogen) atoms. The third-order valence-corrected chi connectivity index (χ3v) is 5.26. The predicted molar refractivity (Wildman–Crippen MR) is 69.7 cm³/mol. The van der Waals surface area contributed by atoms with Gasteiger partial charge in [0.25, 0.3) is 0 Å². The molecule has 0 amide bonds. The molecule has 2 nitrogen and oxygen atoms in total. The lowest BCUT2D eigenvalue weighted by atomic mass is 9.58. The Kier molecular flexibility index (Phi) is 2.45. The molecule has 98 valence electrons.